The summed E-state index contributed by atoms with van der Waals surface area (Å²) >= 11 is 1.81. The Bertz CT molecular complexity index is 718. The lowest BCUT2D eigenvalue weighted by molar-refractivity contribution is 0.518. The quantitative estimate of drug-likeness (QED) is 0.793. The van der Waals surface area contributed by atoms with Gasteiger partial charge in [0.05, 0.1) is 18.2 Å². The molecule has 3 heterocycles. The second kappa shape index (κ2) is 4.35. The third-order valence-corrected chi connectivity index (χ3v) is 4.71. The number of nitrogens with zero attached hydrogens (tertiary/aromatic N) is 2. The normalized spacial score (nSPS) is 13.9. The molecule has 1 aliphatic rings. The Morgan fingerprint density at radius 3 is 3.21 bits per heavy atom. The number of thiophene rings is 1. The van der Waals surface area contributed by atoms with Crippen LogP contribution in [0.4, 0.5) is 5.82 Å². The molecule has 4 rings (SSSR count). The average molecular weight is 271 g/mol. The first-order valence-corrected chi connectivity index (χ1v) is 7.25. The second-order valence-electron chi connectivity index (χ2n) is 4.69. The molecule has 0 saturated carbocycles. The van der Waals surface area contributed by atoms with Crippen LogP contribution in [0.5, 0.6) is 0 Å². The highest BCUT2D eigenvalue weighted by molar-refractivity contribution is 7.19. The van der Waals surface area contributed by atoms with Crippen molar-refractivity contribution in [2.45, 2.75) is 25.8 Å². The number of furan rings is 1. The van der Waals surface area contributed by atoms with Gasteiger partial charge in [-0.1, -0.05) is 0 Å². The van der Waals surface area contributed by atoms with Crippen molar-refractivity contribution in [1.82, 2.24) is 9.97 Å². The van der Waals surface area contributed by atoms with E-state index >= 15 is 0 Å². The molecule has 1 N–H and O–H groups in total. The van der Waals surface area contributed by atoms with E-state index in [0.717, 1.165) is 22.8 Å². The van der Waals surface area contributed by atoms with Gasteiger partial charge in [0.1, 0.15) is 22.7 Å². The van der Waals surface area contributed by atoms with E-state index in [2.05, 4.69) is 15.3 Å². The molecule has 0 atom stereocenters. The third kappa shape index (κ3) is 1.81. The molecule has 0 amide bonds. The zero-order valence-electron chi connectivity index (χ0n) is 10.3. The average Bonchev–Trinajstić information content (AvgIpc) is 3.12. The number of aryl methyl sites for hydroxylation is 2. The van der Waals surface area contributed by atoms with Gasteiger partial charge < -0.3 is 9.73 Å². The van der Waals surface area contributed by atoms with Crippen LogP contribution >= 0.6 is 11.3 Å². The number of fused-ring (bicyclic) bond motifs is 3. The predicted molar refractivity (Wildman–Crippen MR) is 75.5 cm³/mol. The van der Waals surface area contributed by atoms with E-state index in [9.17, 15) is 0 Å². The molecule has 5 heteroatoms. The summed E-state index contributed by atoms with van der Waals surface area (Å²) in [5.41, 5.74) is 1.45. The Morgan fingerprint density at radius 2 is 2.32 bits per heavy atom. The summed E-state index contributed by atoms with van der Waals surface area (Å²) in [6, 6.07) is 3.86. The van der Waals surface area contributed by atoms with Crippen LogP contribution in [0.1, 0.15) is 22.6 Å². The third-order valence-electron chi connectivity index (χ3n) is 3.51. The first-order chi connectivity index (χ1) is 9.42. The summed E-state index contributed by atoms with van der Waals surface area (Å²) in [6.07, 6.45) is 6.92. The minimum Gasteiger partial charge on any atom is -0.467 e. The van der Waals surface area contributed by atoms with Gasteiger partial charge in [-0.15, -0.1) is 11.3 Å². The minimum atomic E-state index is 0.656. The molecule has 0 radical (unpaired) electrons. The van der Waals surface area contributed by atoms with Gasteiger partial charge in [-0.3, -0.25) is 0 Å². The van der Waals surface area contributed by atoms with Crippen molar-refractivity contribution >= 4 is 27.4 Å². The standard InChI is InChI=1S/C14H13N3OS/c1-4-10-11(5-1)19-14-12(10)13(16-8-17-14)15-7-9-3-2-6-18-9/h2-3,6,8H,1,4-5,7H2,(H,15,16,17). The van der Waals surface area contributed by atoms with Crippen LogP contribution in [0.15, 0.2) is 29.1 Å². The van der Waals surface area contributed by atoms with E-state index in [4.69, 9.17) is 4.42 Å². The Labute approximate surface area is 114 Å². The summed E-state index contributed by atoms with van der Waals surface area (Å²) < 4.78 is 5.34. The summed E-state index contributed by atoms with van der Waals surface area (Å²) in [5.74, 6) is 1.85. The number of anilines is 1. The SMILES string of the molecule is c1coc(CNc2ncnc3sc4c(c23)CCC4)c1. The lowest BCUT2D eigenvalue weighted by Crippen LogP contribution is -2.01. The molecule has 3 aromatic heterocycles. The molecule has 19 heavy (non-hydrogen) atoms. The summed E-state index contributed by atoms with van der Waals surface area (Å²) in [7, 11) is 0. The number of hydrogen-bond acceptors (Lipinski definition) is 5. The minimum absolute atomic E-state index is 0.656. The van der Waals surface area contributed by atoms with E-state index in [1.54, 1.807) is 12.6 Å². The highest BCUT2D eigenvalue weighted by atomic mass is 32.1. The molecule has 0 spiro atoms. The van der Waals surface area contributed by atoms with Crippen molar-refractivity contribution in [1.29, 1.82) is 0 Å². The first kappa shape index (κ1) is 11.0. The van der Waals surface area contributed by atoms with Gasteiger partial charge in [0.2, 0.25) is 0 Å². The van der Waals surface area contributed by atoms with E-state index in [1.165, 1.54) is 28.7 Å². The van der Waals surface area contributed by atoms with Crippen LogP contribution in [0.3, 0.4) is 0 Å². The van der Waals surface area contributed by atoms with Crippen molar-refractivity contribution in [3.05, 3.63) is 40.9 Å². The van der Waals surface area contributed by atoms with Gasteiger partial charge in [-0.2, -0.15) is 0 Å². The summed E-state index contributed by atoms with van der Waals surface area (Å²) in [4.78, 5) is 11.4. The van der Waals surface area contributed by atoms with Crippen molar-refractivity contribution < 1.29 is 4.42 Å². The molecule has 1 aliphatic carbocycles. The van der Waals surface area contributed by atoms with Gasteiger partial charge in [0.25, 0.3) is 0 Å². The fourth-order valence-electron chi connectivity index (χ4n) is 2.65. The zero-order chi connectivity index (χ0) is 12.7. The van der Waals surface area contributed by atoms with E-state index < -0.39 is 0 Å². The van der Waals surface area contributed by atoms with Crippen LogP contribution < -0.4 is 5.32 Å². The lowest BCUT2D eigenvalue weighted by Gasteiger charge is -2.05. The number of rotatable bonds is 3. The maximum atomic E-state index is 5.34. The van der Waals surface area contributed by atoms with Crippen molar-refractivity contribution in [2.24, 2.45) is 0 Å². The van der Waals surface area contributed by atoms with Gasteiger partial charge in [-0.05, 0) is 37.0 Å². The number of hydrogen-bond donors (Lipinski definition) is 1. The molecule has 0 bridgehead atoms. The molecule has 3 aromatic rings. The van der Waals surface area contributed by atoms with Gasteiger partial charge in [0.15, 0.2) is 0 Å². The fraction of sp³-hybridized carbons (Fsp3) is 0.286. The Morgan fingerprint density at radius 1 is 1.32 bits per heavy atom. The highest BCUT2D eigenvalue weighted by Gasteiger charge is 2.20. The van der Waals surface area contributed by atoms with Crippen LogP contribution in [0.25, 0.3) is 10.2 Å². The maximum absolute atomic E-state index is 5.34. The van der Waals surface area contributed by atoms with Gasteiger partial charge in [-0.25, -0.2) is 9.97 Å². The number of aromatic nitrogens is 2. The Hall–Kier alpha value is -1.88. The monoisotopic (exact) mass is 271 g/mol. The molecule has 0 aromatic carbocycles. The second-order valence-corrected chi connectivity index (χ2v) is 5.78. The molecular formula is C14H13N3OS. The van der Waals surface area contributed by atoms with E-state index in [1.807, 2.05) is 23.5 Å². The maximum Gasteiger partial charge on any atom is 0.138 e. The first-order valence-electron chi connectivity index (χ1n) is 6.43. The molecule has 0 aliphatic heterocycles. The zero-order valence-corrected chi connectivity index (χ0v) is 11.2. The predicted octanol–water partition coefficient (Wildman–Crippen LogP) is 3.39. The van der Waals surface area contributed by atoms with Crippen LogP contribution in [-0.4, -0.2) is 9.97 Å². The molecule has 4 nitrogen and oxygen atoms in total. The smallest absolute Gasteiger partial charge is 0.138 e. The van der Waals surface area contributed by atoms with E-state index in [0.29, 0.717) is 6.54 Å². The molecule has 0 fully saturated rings. The molecule has 96 valence electrons. The summed E-state index contributed by atoms with van der Waals surface area (Å²) in [5, 5.41) is 4.58. The van der Waals surface area contributed by atoms with E-state index in [-0.39, 0.29) is 0 Å². The van der Waals surface area contributed by atoms with Crippen LogP contribution in [0, 0.1) is 0 Å². The van der Waals surface area contributed by atoms with Crippen molar-refractivity contribution in [2.75, 3.05) is 5.32 Å². The van der Waals surface area contributed by atoms with Gasteiger partial charge in [0, 0.05) is 4.88 Å². The highest BCUT2D eigenvalue weighted by Crippen LogP contribution is 2.39. The van der Waals surface area contributed by atoms with Crippen molar-refractivity contribution in [3.8, 4) is 0 Å². The lowest BCUT2D eigenvalue weighted by atomic mass is 10.2. The number of nitrogens with one attached hydrogen (secondary N) is 1. The molecule has 0 unspecified atom stereocenters. The largest absolute Gasteiger partial charge is 0.467 e. The van der Waals surface area contributed by atoms with Gasteiger partial charge >= 0.3 is 0 Å². The molecular weight excluding hydrogens is 258 g/mol. The topological polar surface area (TPSA) is 51.0 Å². The summed E-state index contributed by atoms with van der Waals surface area (Å²) in [6.45, 7) is 0.656. The Kier molecular flexibility index (Phi) is 2.51. The van der Waals surface area contributed by atoms with Crippen LogP contribution in [0.2, 0.25) is 0 Å². The molecule has 0 saturated heterocycles. The van der Waals surface area contributed by atoms with Crippen LogP contribution in [-0.2, 0) is 19.4 Å². The Balaban J connectivity index is 1.73. The fourth-order valence-corrected chi connectivity index (χ4v) is 3.88. The van der Waals surface area contributed by atoms with Crippen molar-refractivity contribution in [3.63, 3.8) is 0 Å².